The van der Waals surface area contributed by atoms with Crippen LogP contribution in [-0.4, -0.2) is 14.2 Å². The highest BCUT2D eigenvalue weighted by Crippen LogP contribution is 2.24. The van der Waals surface area contributed by atoms with Gasteiger partial charge in [-0.05, 0) is 48.7 Å². The first-order chi connectivity index (χ1) is 10.3. The molecule has 112 valence electrons. The monoisotopic (exact) mass is 283 g/mol. The maximum absolute atomic E-state index is 5.22. The highest BCUT2D eigenvalue weighted by molar-refractivity contribution is 5.36. The summed E-state index contributed by atoms with van der Waals surface area (Å²) in [5, 5.41) is 3.39. The third-order valence-electron chi connectivity index (χ3n) is 3.87. The van der Waals surface area contributed by atoms with Crippen molar-refractivity contribution in [3.8, 4) is 5.75 Å². The molecule has 1 atom stereocenters. The molecule has 21 heavy (non-hydrogen) atoms. The molecule has 2 aromatic carbocycles. The lowest BCUT2D eigenvalue weighted by atomic mass is 9.97. The van der Waals surface area contributed by atoms with Crippen LogP contribution in [0.5, 0.6) is 5.75 Å². The standard InChI is InChI=1S/C19H25NO/c1-4-5-6-15-7-9-16(10-8-15)19(20-2)17-11-13-18(21-3)14-12-17/h7-14,19-20H,4-6H2,1-3H3. The van der Waals surface area contributed by atoms with Gasteiger partial charge in [-0.2, -0.15) is 0 Å². The van der Waals surface area contributed by atoms with Crippen LogP contribution in [-0.2, 0) is 6.42 Å². The Hall–Kier alpha value is -1.80. The SMILES string of the molecule is CCCCc1ccc(C(NC)c2ccc(OC)cc2)cc1. The van der Waals surface area contributed by atoms with Crippen molar-refractivity contribution in [2.45, 2.75) is 32.2 Å². The fourth-order valence-electron chi connectivity index (χ4n) is 2.58. The van der Waals surface area contributed by atoms with Gasteiger partial charge in [0.1, 0.15) is 5.75 Å². The summed E-state index contributed by atoms with van der Waals surface area (Å²) in [6.07, 6.45) is 3.67. The van der Waals surface area contributed by atoms with Crippen LogP contribution in [0.25, 0.3) is 0 Å². The maximum atomic E-state index is 5.22. The van der Waals surface area contributed by atoms with E-state index in [1.54, 1.807) is 7.11 Å². The Morgan fingerprint density at radius 3 is 2.00 bits per heavy atom. The normalized spacial score (nSPS) is 12.1. The van der Waals surface area contributed by atoms with E-state index >= 15 is 0 Å². The van der Waals surface area contributed by atoms with Crippen LogP contribution in [0.1, 0.15) is 42.5 Å². The molecule has 1 unspecified atom stereocenters. The van der Waals surface area contributed by atoms with Gasteiger partial charge in [0, 0.05) is 0 Å². The molecule has 0 aliphatic carbocycles. The van der Waals surface area contributed by atoms with Gasteiger partial charge in [0.05, 0.1) is 13.2 Å². The van der Waals surface area contributed by atoms with Crippen LogP contribution in [0.3, 0.4) is 0 Å². The quantitative estimate of drug-likeness (QED) is 0.816. The van der Waals surface area contributed by atoms with Crippen LogP contribution in [0.4, 0.5) is 0 Å². The van der Waals surface area contributed by atoms with E-state index in [0.717, 1.165) is 5.75 Å². The molecule has 0 heterocycles. The van der Waals surface area contributed by atoms with Crippen molar-refractivity contribution < 1.29 is 4.74 Å². The Labute approximate surface area is 128 Å². The van der Waals surface area contributed by atoms with E-state index in [2.05, 4.69) is 48.6 Å². The van der Waals surface area contributed by atoms with Gasteiger partial charge in [0.15, 0.2) is 0 Å². The number of methoxy groups -OCH3 is 1. The fraction of sp³-hybridized carbons (Fsp3) is 0.368. The number of nitrogens with one attached hydrogen (secondary N) is 1. The number of benzene rings is 2. The predicted molar refractivity (Wildman–Crippen MR) is 89.0 cm³/mol. The van der Waals surface area contributed by atoms with Crippen molar-refractivity contribution in [1.82, 2.24) is 5.32 Å². The van der Waals surface area contributed by atoms with Crippen LogP contribution >= 0.6 is 0 Å². The van der Waals surface area contributed by atoms with Crippen LogP contribution in [0.15, 0.2) is 48.5 Å². The predicted octanol–water partition coefficient (Wildman–Crippen LogP) is 4.35. The molecule has 0 fully saturated rings. The largest absolute Gasteiger partial charge is 0.497 e. The van der Waals surface area contributed by atoms with Crippen LogP contribution < -0.4 is 10.1 Å². The van der Waals surface area contributed by atoms with Gasteiger partial charge in [-0.3, -0.25) is 0 Å². The average Bonchev–Trinajstić information content (AvgIpc) is 2.55. The second-order valence-electron chi connectivity index (χ2n) is 5.34. The Morgan fingerprint density at radius 2 is 1.52 bits per heavy atom. The summed E-state index contributed by atoms with van der Waals surface area (Å²) >= 11 is 0. The summed E-state index contributed by atoms with van der Waals surface area (Å²) in [5.41, 5.74) is 3.97. The molecular weight excluding hydrogens is 258 g/mol. The summed E-state index contributed by atoms with van der Waals surface area (Å²) in [6.45, 7) is 2.23. The minimum Gasteiger partial charge on any atom is -0.497 e. The highest BCUT2D eigenvalue weighted by Gasteiger charge is 2.11. The molecular formula is C19H25NO. The minimum atomic E-state index is 0.219. The van der Waals surface area contributed by atoms with Crippen LogP contribution in [0, 0.1) is 0 Å². The fourth-order valence-corrected chi connectivity index (χ4v) is 2.58. The van der Waals surface area contributed by atoms with Gasteiger partial charge >= 0.3 is 0 Å². The van der Waals surface area contributed by atoms with E-state index in [0.29, 0.717) is 0 Å². The first-order valence-electron chi connectivity index (χ1n) is 7.68. The molecule has 1 N–H and O–H groups in total. The molecule has 0 saturated carbocycles. The van der Waals surface area contributed by atoms with Crippen molar-refractivity contribution in [2.75, 3.05) is 14.2 Å². The highest BCUT2D eigenvalue weighted by atomic mass is 16.5. The number of hydrogen-bond donors (Lipinski definition) is 1. The Balaban J connectivity index is 2.15. The Kier molecular flexibility index (Phi) is 5.82. The molecule has 2 aromatic rings. The lowest BCUT2D eigenvalue weighted by Gasteiger charge is -2.18. The smallest absolute Gasteiger partial charge is 0.118 e. The molecule has 0 radical (unpaired) electrons. The van der Waals surface area contributed by atoms with Crippen LogP contribution in [0.2, 0.25) is 0 Å². The number of ether oxygens (including phenoxy) is 1. The second kappa shape index (κ2) is 7.84. The summed E-state index contributed by atoms with van der Waals surface area (Å²) in [5.74, 6) is 0.892. The third kappa shape index (κ3) is 4.08. The third-order valence-corrected chi connectivity index (χ3v) is 3.87. The topological polar surface area (TPSA) is 21.3 Å². The van der Waals surface area contributed by atoms with Gasteiger partial charge in [-0.1, -0.05) is 49.7 Å². The molecule has 2 heteroatoms. The number of unbranched alkanes of at least 4 members (excludes halogenated alkanes) is 1. The summed E-state index contributed by atoms with van der Waals surface area (Å²) in [7, 11) is 3.69. The average molecular weight is 283 g/mol. The number of rotatable bonds is 7. The zero-order valence-electron chi connectivity index (χ0n) is 13.2. The summed E-state index contributed by atoms with van der Waals surface area (Å²) < 4.78 is 5.22. The van der Waals surface area contributed by atoms with Crippen molar-refractivity contribution in [3.05, 3.63) is 65.2 Å². The molecule has 0 amide bonds. The molecule has 0 aliphatic heterocycles. The van der Waals surface area contributed by atoms with Gasteiger partial charge in [-0.15, -0.1) is 0 Å². The van der Waals surface area contributed by atoms with Crippen molar-refractivity contribution in [3.63, 3.8) is 0 Å². The lowest BCUT2D eigenvalue weighted by molar-refractivity contribution is 0.414. The second-order valence-corrected chi connectivity index (χ2v) is 5.34. The van der Waals surface area contributed by atoms with Crippen molar-refractivity contribution >= 4 is 0 Å². The summed E-state index contributed by atoms with van der Waals surface area (Å²) in [4.78, 5) is 0. The first kappa shape index (κ1) is 15.6. The lowest BCUT2D eigenvalue weighted by Crippen LogP contribution is -2.17. The zero-order chi connectivity index (χ0) is 15.1. The molecule has 0 aliphatic rings. The van der Waals surface area contributed by atoms with E-state index in [1.807, 2.05) is 19.2 Å². The zero-order valence-corrected chi connectivity index (χ0v) is 13.2. The Morgan fingerprint density at radius 1 is 0.952 bits per heavy atom. The number of hydrogen-bond acceptors (Lipinski definition) is 2. The minimum absolute atomic E-state index is 0.219. The van der Waals surface area contributed by atoms with E-state index < -0.39 is 0 Å². The van der Waals surface area contributed by atoms with E-state index in [-0.39, 0.29) is 6.04 Å². The molecule has 2 rings (SSSR count). The molecule has 0 aromatic heterocycles. The number of aryl methyl sites for hydroxylation is 1. The van der Waals surface area contributed by atoms with Crippen molar-refractivity contribution in [1.29, 1.82) is 0 Å². The maximum Gasteiger partial charge on any atom is 0.118 e. The van der Waals surface area contributed by atoms with E-state index in [4.69, 9.17) is 4.74 Å². The van der Waals surface area contributed by atoms with Gasteiger partial charge in [0.25, 0.3) is 0 Å². The molecule has 0 spiro atoms. The molecule has 2 nitrogen and oxygen atoms in total. The van der Waals surface area contributed by atoms with Gasteiger partial charge < -0.3 is 10.1 Å². The van der Waals surface area contributed by atoms with Gasteiger partial charge in [0.2, 0.25) is 0 Å². The molecule has 0 bridgehead atoms. The van der Waals surface area contributed by atoms with E-state index in [9.17, 15) is 0 Å². The summed E-state index contributed by atoms with van der Waals surface area (Å²) in [6, 6.07) is 17.4. The van der Waals surface area contributed by atoms with Gasteiger partial charge in [-0.25, -0.2) is 0 Å². The molecule has 0 saturated heterocycles. The van der Waals surface area contributed by atoms with E-state index in [1.165, 1.54) is 36.0 Å². The Bertz CT molecular complexity index is 530. The van der Waals surface area contributed by atoms with Crippen molar-refractivity contribution in [2.24, 2.45) is 0 Å². The first-order valence-corrected chi connectivity index (χ1v) is 7.68.